The summed E-state index contributed by atoms with van der Waals surface area (Å²) in [6.07, 6.45) is 4.61. The van der Waals surface area contributed by atoms with Gasteiger partial charge in [-0.1, -0.05) is 6.07 Å². The summed E-state index contributed by atoms with van der Waals surface area (Å²) in [6.45, 7) is 0.373. The van der Waals surface area contributed by atoms with E-state index in [0.29, 0.717) is 12.3 Å². The fraction of sp³-hybridized carbons (Fsp3) is 0.214. The molecule has 0 aliphatic carbocycles. The van der Waals surface area contributed by atoms with Crippen molar-refractivity contribution < 1.29 is 13.9 Å². The molecule has 4 nitrogen and oxygen atoms in total. The van der Waals surface area contributed by atoms with Gasteiger partial charge in [0.25, 0.3) is 0 Å². The van der Waals surface area contributed by atoms with E-state index in [1.54, 1.807) is 36.9 Å². The minimum atomic E-state index is -0.269. The summed E-state index contributed by atoms with van der Waals surface area (Å²) in [6, 6.07) is 7.51. The SMILES string of the molecule is COC(CNC(=O)/C=C/c1cccs1)c1ccco1. The Kier molecular flexibility index (Phi) is 4.94. The molecule has 2 aromatic rings. The second-order valence-corrected chi connectivity index (χ2v) is 4.81. The Morgan fingerprint density at radius 2 is 2.42 bits per heavy atom. The van der Waals surface area contributed by atoms with Crippen LogP contribution in [0.4, 0.5) is 0 Å². The van der Waals surface area contributed by atoms with Crippen LogP contribution >= 0.6 is 11.3 Å². The van der Waals surface area contributed by atoms with Crippen molar-refractivity contribution in [3.05, 3.63) is 52.6 Å². The van der Waals surface area contributed by atoms with Crippen LogP contribution in [0.2, 0.25) is 0 Å². The molecule has 0 spiro atoms. The molecule has 0 radical (unpaired) electrons. The number of amides is 1. The molecule has 2 rings (SSSR count). The molecule has 1 unspecified atom stereocenters. The average molecular weight is 277 g/mol. The molecule has 0 saturated carbocycles. The van der Waals surface area contributed by atoms with Crippen molar-refractivity contribution in [3.8, 4) is 0 Å². The van der Waals surface area contributed by atoms with Gasteiger partial charge in [-0.05, 0) is 29.7 Å². The number of carbonyl (C=O) groups is 1. The maximum atomic E-state index is 11.6. The lowest BCUT2D eigenvalue weighted by Gasteiger charge is -2.12. The summed E-state index contributed by atoms with van der Waals surface area (Å²) in [5, 5.41) is 4.75. The molecule has 1 amide bonds. The molecule has 0 bridgehead atoms. The summed E-state index contributed by atoms with van der Waals surface area (Å²) < 4.78 is 10.5. The van der Waals surface area contributed by atoms with E-state index in [9.17, 15) is 4.79 Å². The van der Waals surface area contributed by atoms with Gasteiger partial charge in [0.15, 0.2) is 0 Å². The highest BCUT2D eigenvalue weighted by Gasteiger charge is 2.13. The maximum absolute atomic E-state index is 11.6. The van der Waals surface area contributed by atoms with Crippen molar-refractivity contribution in [2.75, 3.05) is 13.7 Å². The van der Waals surface area contributed by atoms with Gasteiger partial charge in [-0.2, -0.15) is 0 Å². The number of thiophene rings is 1. The Hall–Kier alpha value is -1.85. The lowest BCUT2D eigenvalue weighted by molar-refractivity contribution is -0.117. The number of methoxy groups -OCH3 is 1. The molecular formula is C14H15NO3S. The zero-order chi connectivity index (χ0) is 13.5. The third-order valence-electron chi connectivity index (χ3n) is 2.55. The minimum Gasteiger partial charge on any atom is -0.467 e. The molecule has 0 fully saturated rings. The number of furan rings is 1. The van der Waals surface area contributed by atoms with E-state index in [1.165, 1.54) is 6.08 Å². The number of nitrogens with one attached hydrogen (secondary N) is 1. The van der Waals surface area contributed by atoms with E-state index in [1.807, 2.05) is 23.6 Å². The van der Waals surface area contributed by atoms with Crippen molar-refractivity contribution in [2.45, 2.75) is 6.10 Å². The van der Waals surface area contributed by atoms with Crippen LogP contribution in [-0.4, -0.2) is 19.6 Å². The highest BCUT2D eigenvalue weighted by molar-refractivity contribution is 7.10. The van der Waals surface area contributed by atoms with E-state index in [0.717, 1.165) is 4.88 Å². The van der Waals surface area contributed by atoms with Gasteiger partial charge in [0.1, 0.15) is 11.9 Å². The fourth-order valence-electron chi connectivity index (χ4n) is 1.57. The molecule has 1 N–H and O–H groups in total. The van der Waals surface area contributed by atoms with Crippen LogP contribution in [0.3, 0.4) is 0 Å². The topological polar surface area (TPSA) is 51.5 Å². The van der Waals surface area contributed by atoms with Crippen molar-refractivity contribution >= 4 is 23.3 Å². The zero-order valence-electron chi connectivity index (χ0n) is 10.5. The fourth-order valence-corrected chi connectivity index (χ4v) is 2.19. The minimum absolute atomic E-state index is 0.151. The first-order valence-corrected chi connectivity index (χ1v) is 6.73. The van der Waals surface area contributed by atoms with E-state index in [2.05, 4.69) is 5.32 Å². The third kappa shape index (κ3) is 4.08. The van der Waals surface area contributed by atoms with Gasteiger partial charge in [0, 0.05) is 18.1 Å². The molecule has 0 aliphatic heterocycles. The first-order valence-electron chi connectivity index (χ1n) is 5.85. The van der Waals surface area contributed by atoms with Crippen molar-refractivity contribution in [3.63, 3.8) is 0 Å². The second-order valence-electron chi connectivity index (χ2n) is 3.83. The molecule has 100 valence electrons. The van der Waals surface area contributed by atoms with Gasteiger partial charge < -0.3 is 14.5 Å². The Labute approximate surface area is 115 Å². The average Bonchev–Trinajstić information content (AvgIpc) is 3.10. The summed E-state index contributed by atoms with van der Waals surface area (Å²) in [7, 11) is 1.58. The molecule has 5 heteroatoms. The molecule has 19 heavy (non-hydrogen) atoms. The second kappa shape index (κ2) is 6.92. The van der Waals surface area contributed by atoms with E-state index < -0.39 is 0 Å². The Bertz CT molecular complexity index is 517. The largest absolute Gasteiger partial charge is 0.467 e. The Balaban J connectivity index is 1.82. The number of hydrogen-bond donors (Lipinski definition) is 1. The number of hydrogen-bond acceptors (Lipinski definition) is 4. The Morgan fingerprint density at radius 1 is 1.53 bits per heavy atom. The normalized spacial score (nSPS) is 12.7. The van der Waals surface area contributed by atoms with Gasteiger partial charge in [0.2, 0.25) is 5.91 Å². The molecule has 2 heterocycles. The molecule has 0 aromatic carbocycles. The first kappa shape index (κ1) is 13.6. The smallest absolute Gasteiger partial charge is 0.244 e. The molecular weight excluding hydrogens is 262 g/mol. The van der Waals surface area contributed by atoms with E-state index in [4.69, 9.17) is 9.15 Å². The quantitative estimate of drug-likeness (QED) is 0.826. The maximum Gasteiger partial charge on any atom is 0.244 e. The summed E-state index contributed by atoms with van der Waals surface area (Å²) in [5.74, 6) is 0.548. The highest BCUT2D eigenvalue weighted by Crippen LogP contribution is 2.15. The zero-order valence-corrected chi connectivity index (χ0v) is 11.4. The standard InChI is InChI=1S/C14H15NO3S/c1-17-13(12-5-2-8-18-12)10-15-14(16)7-6-11-4-3-9-19-11/h2-9,13H,10H2,1H3,(H,15,16)/b7-6+. The van der Waals surface area contributed by atoms with Crippen LogP contribution in [-0.2, 0) is 9.53 Å². The van der Waals surface area contributed by atoms with Crippen LogP contribution in [0.1, 0.15) is 16.7 Å². The van der Waals surface area contributed by atoms with Gasteiger partial charge in [0.05, 0.1) is 12.8 Å². The van der Waals surface area contributed by atoms with Crippen LogP contribution < -0.4 is 5.32 Å². The predicted octanol–water partition coefficient (Wildman–Crippen LogP) is 2.86. The molecule has 0 saturated heterocycles. The van der Waals surface area contributed by atoms with Gasteiger partial charge in [-0.25, -0.2) is 0 Å². The summed E-state index contributed by atoms with van der Waals surface area (Å²) in [4.78, 5) is 12.7. The summed E-state index contributed by atoms with van der Waals surface area (Å²) in [5.41, 5.74) is 0. The highest BCUT2D eigenvalue weighted by atomic mass is 32.1. The number of rotatable bonds is 6. The lowest BCUT2D eigenvalue weighted by Crippen LogP contribution is -2.27. The van der Waals surface area contributed by atoms with E-state index >= 15 is 0 Å². The van der Waals surface area contributed by atoms with E-state index in [-0.39, 0.29) is 12.0 Å². The van der Waals surface area contributed by atoms with Gasteiger partial charge >= 0.3 is 0 Å². The Morgan fingerprint density at radius 3 is 3.05 bits per heavy atom. The molecule has 2 aromatic heterocycles. The predicted molar refractivity (Wildman–Crippen MR) is 74.8 cm³/mol. The van der Waals surface area contributed by atoms with Gasteiger partial charge in [-0.15, -0.1) is 11.3 Å². The number of ether oxygens (including phenoxy) is 1. The van der Waals surface area contributed by atoms with Crippen LogP contribution in [0.5, 0.6) is 0 Å². The first-order chi connectivity index (χ1) is 9.29. The number of carbonyl (C=O) groups excluding carboxylic acids is 1. The van der Waals surface area contributed by atoms with Gasteiger partial charge in [-0.3, -0.25) is 4.79 Å². The summed E-state index contributed by atoms with van der Waals surface area (Å²) >= 11 is 1.59. The van der Waals surface area contributed by atoms with Crippen molar-refractivity contribution in [2.24, 2.45) is 0 Å². The van der Waals surface area contributed by atoms with Crippen LogP contribution in [0.25, 0.3) is 6.08 Å². The molecule has 1 atom stereocenters. The van der Waals surface area contributed by atoms with Crippen LogP contribution in [0, 0.1) is 0 Å². The van der Waals surface area contributed by atoms with Crippen molar-refractivity contribution in [1.29, 1.82) is 0 Å². The molecule has 0 aliphatic rings. The lowest BCUT2D eigenvalue weighted by atomic mass is 10.2. The van der Waals surface area contributed by atoms with Crippen molar-refractivity contribution in [1.82, 2.24) is 5.32 Å². The third-order valence-corrected chi connectivity index (χ3v) is 3.39. The monoisotopic (exact) mass is 277 g/mol. The van der Waals surface area contributed by atoms with Crippen LogP contribution in [0.15, 0.2) is 46.4 Å².